The zero-order chi connectivity index (χ0) is 16.0. The van der Waals surface area contributed by atoms with Gasteiger partial charge in [0.1, 0.15) is 0 Å². The molecule has 0 unspecified atom stereocenters. The van der Waals surface area contributed by atoms with Gasteiger partial charge in [0.25, 0.3) is 5.69 Å². The quantitative estimate of drug-likeness (QED) is 0.580. The Hall–Kier alpha value is -1.70. The molecule has 1 aromatic carbocycles. The van der Waals surface area contributed by atoms with Crippen LogP contribution in [0.15, 0.2) is 18.2 Å². The van der Waals surface area contributed by atoms with Crippen molar-refractivity contribution in [1.29, 1.82) is 0 Å². The van der Waals surface area contributed by atoms with Crippen molar-refractivity contribution in [2.45, 2.75) is 6.54 Å². The number of nitro benzene ring substituents is 1. The van der Waals surface area contributed by atoms with Crippen LogP contribution in [0.1, 0.15) is 5.56 Å². The zero-order valence-corrected chi connectivity index (χ0v) is 12.7. The van der Waals surface area contributed by atoms with Crippen molar-refractivity contribution in [2.75, 3.05) is 33.7 Å². The van der Waals surface area contributed by atoms with Crippen molar-refractivity contribution in [3.8, 4) is 0 Å². The van der Waals surface area contributed by atoms with Crippen LogP contribution in [0.4, 0.5) is 5.69 Å². The van der Waals surface area contributed by atoms with Gasteiger partial charge >= 0.3 is 5.97 Å². The summed E-state index contributed by atoms with van der Waals surface area (Å²) in [6.45, 7) is 1.12. The lowest BCUT2D eigenvalue weighted by molar-refractivity contribution is -0.385. The third-order valence-electron chi connectivity index (χ3n) is 2.85. The number of nitro groups is 1. The Balaban J connectivity index is 2.93. The second kappa shape index (κ2) is 7.92. The maximum Gasteiger partial charge on any atom is 0.317 e. The molecule has 0 heterocycles. The van der Waals surface area contributed by atoms with Crippen molar-refractivity contribution in [3.63, 3.8) is 0 Å². The maximum atomic E-state index is 11.0. The lowest BCUT2D eigenvalue weighted by Crippen LogP contribution is -2.35. The maximum absolute atomic E-state index is 11.0. The highest BCUT2D eigenvalue weighted by molar-refractivity contribution is 6.30. The van der Waals surface area contributed by atoms with Crippen LogP contribution in [0.2, 0.25) is 5.02 Å². The Morgan fingerprint density at radius 1 is 1.38 bits per heavy atom. The van der Waals surface area contributed by atoms with E-state index in [0.29, 0.717) is 23.7 Å². The monoisotopic (exact) mass is 315 g/mol. The first-order valence-electron chi connectivity index (χ1n) is 6.31. The van der Waals surface area contributed by atoms with Crippen LogP contribution in [0.5, 0.6) is 0 Å². The molecule has 0 aromatic heterocycles. The first-order valence-corrected chi connectivity index (χ1v) is 6.69. The minimum atomic E-state index is -0.974. The predicted molar refractivity (Wildman–Crippen MR) is 79.6 cm³/mol. The Kier molecular flexibility index (Phi) is 6.54. The molecular formula is C13H18ClN3O4. The van der Waals surface area contributed by atoms with Crippen LogP contribution in [-0.4, -0.2) is 59.5 Å². The lowest BCUT2D eigenvalue weighted by atomic mass is 10.1. The van der Waals surface area contributed by atoms with Gasteiger partial charge in [-0.1, -0.05) is 11.6 Å². The van der Waals surface area contributed by atoms with E-state index in [4.69, 9.17) is 16.7 Å². The van der Waals surface area contributed by atoms with E-state index in [-0.39, 0.29) is 18.8 Å². The van der Waals surface area contributed by atoms with Crippen molar-refractivity contribution >= 4 is 23.3 Å². The number of hydrogen-bond acceptors (Lipinski definition) is 5. The van der Waals surface area contributed by atoms with Crippen molar-refractivity contribution in [2.24, 2.45) is 0 Å². The summed E-state index contributed by atoms with van der Waals surface area (Å²) in [6, 6.07) is 4.29. The molecule has 0 radical (unpaired) electrons. The topological polar surface area (TPSA) is 86.9 Å². The molecule has 0 fully saturated rings. The molecule has 0 aliphatic rings. The van der Waals surface area contributed by atoms with Crippen LogP contribution in [0.3, 0.4) is 0 Å². The molecule has 8 heteroatoms. The van der Waals surface area contributed by atoms with Gasteiger partial charge in [0.2, 0.25) is 0 Å². The van der Waals surface area contributed by atoms with Gasteiger partial charge in [0.05, 0.1) is 11.5 Å². The number of aliphatic carboxylic acids is 1. The van der Waals surface area contributed by atoms with E-state index in [1.165, 1.54) is 18.2 Å². The summed E-state index contributed by atoms with van der Waals surface area (Å²) in [4.78, 5) is 25.0. The van der Waals surface area contributed by atoms with E-state index >= 15 is 0 Å². The fourth-order valence-electron chi connectivity index (χ4n) is 1.85. The number of carboxylic acid groups (broad SMARTS) is 1. The number of benzene rings is 1. The van der Waals surface area contributed by atoms with E-state index in [1.807, 2.05) is 19.0 Å². The molecule has 7 nitrogen and oxygen atoms in total. The molecule has 1 N–H and O–H groups in total. The van der Waals surface area contributed by atoms with E-state index in [9.17, 15) is 14.9 Å². The first-order chi connectivity index (χ1) is 9.79. The summed E-state index contributed by atoms with van der Waals surface area (Å²) >= 11 is 5.87. The smallest absolute Gasteiger partial charge is 0.317 e. The summed E-state index contributed by atoms with van der Waals surface area (Å²) in [5.74, 6) is -0.974. The lowest BCUT2D eigenvalue weighted by Gasteiger charge is -2.22. The number of hydrogen-bond donors (Lipinski definition) is 1. The zero-order valence-electron chi connectivity index (χ0n) is 12.0. The van der Waals surface area contributed by atoms with Crippen LogP contribution in [0.25, 0.3) is 0 Å². The van der Waals surface area contributed by atoms with Gasteiger partial charge in [0.15, 0.2) is 0 Å². The number of likely N-dealkylation sites (N-methyl/N-ethyl adjacent to an activating group) is 1. The minimum absolute atomic E-state index is 0.0559. The third-order valence-corrected chi connectivity index (χ3v) is 3.09. The molecular weight excluding hydrogens is 298 g/mol. The molecule has 0 aliphatic heterocycles. The molecule has 0 saturated heterocycles. The molecule has 0 saturated carbocycles. The number of halogens is 1. The molecule has 0 bridgehead atoms. The highest BCUT2D eigenvalue weighted by Crippen LogP contribution is 2.24. The van der Waals surface area contributed by atoms with Gasteiger partial charge in [-0.15, -0.1) is 0 Å². The highest BCUT2D eigenvalue weighted by Gasteiger charge is 2.18. The van der Waals surface area contributed by atoms with Gasteiger partial charge < -0.3 is 10.0 Å². The highest BCUT2D eigenvalue weighted by atomic mass is 35.5. The molecule has 21 heavy (non-hydrogen) atoms. The second-order valence-electron chi connectivity index (χ2n) is 4.94. The minimum Gasteiger partial charge on any atom is -0.480 e. The average Bonchev–Trinajstić information content (AvgIpc) is 2.35. The third kappa shape index (κ3) is 6.07. The van der Waals surface area contributed by atoms with Crippen molar-refractivity contribution < 1.29 is 14.8 Å². The predicted octanol–water partition coefficient (Wildman–Crippen LogP) is 1.70. The second-order valence-corrected chi connectivity index (χ2v) is 5.37. The van der Waals surface area contributed by atoms with Gasteiger partial charge in [-0.25, -0.2) is 0 Å². The number of carboxylic acids is 1. The molecule has 0 aliphatic carbocycles. The molecule has 1 rings (SSSR count). The van der Waals surface area contributed by atoms with Gasteiger partial charge in [-0.05, 0) is 26.2 Å². The molecule has 0 atom stereocenters. The van der Waals surface area contributed by atoms with Crippen molar-refractivity contribution in [1.82, 2.24) is 9.80 Å². The van der Waals surface area contributed by atoms with Crippen molar-refractivity contribution in [3.05, 3.63) is 38.9 Å². The van der Waals surface area contributed by atoms with E-state index in [1.54, 1.807) is 4.90 Å². The average molecular weight is 316 g/mol. The largest absolute Gasteiger partial charge is 0.480 e. The number of carbonyl (C=O) groups is 1. The summed E-state index contributed by atoms with van der Waals surface area (Å²) < 4.78 is 0. The van der Waals surface area contributed by atoms with Gasteiger partial charge in [-0.3, -0.25) is 19.8 Å². The molecule has 0 amide bonds. The number of rotatable bonds is 8. The van der Waals surface area contributed by atoms with E-state index in [0.717, 1.165) is 0 Å². The Labute approximate surface area is 127 Å². The Morgan fingerprint density at radius 2 is 2.05 bits per heavy atom. The fraction of sp³-hybridized carbons (Fsp3) is 0.462. The summed E-state index contributed by atoms with van der Waals surface area (Å²) in [7, 11) is 3.75. The summed E-state index contributed by atoms with van der Waals surface area (Å²) in [6.07, 6.45) is 0. The number of nitrogens with zero attached hydrogens (tertiary/aromatic N) is 3. The van der Waals surface area contributed by atoms with E-state index in [2.05, 4.69) is 0 Å². The Bertz CT molecular complexity index is 522. The summed E-state index contributed by atoms with van der Waals surface area (Å²) in [5, 5.41) is 20.4. The van der Waals surface area contributed by atoms with E-state index < -0.39 is 10.9 Å². The van der Waals surface area contributed by atoms with Crippen LogP contribution < -0.4 is 0 Å². The normalized spacial score (nSPS) is 11.1. The summed E-state index contributed by atoms with van der Waals surface area (Å²) in [5.41, 5.74) is 0.354. The standard InChI is InChI=1S/C13H18ClN3O4/c1-15(2)5-6-16(9-13(18)19)8-10-7-11(14)3-4-12(10)17(20)21/h3-4,7H,5-6,8-9H2,1-2H3,(H,18,19). The van der Waals surface area contributed by atoms with Crippen LogP contribution in [0, 0.1) is 10.1 Å². The van der Waals surface area contributed by atoms with Gasteiger partial charge in [-0.2, -0.15) is 0 Å². The first kappa shape index (κ1) is 17.4. The fourth-order valence-corrected chi connectivity index (χ4v) is 2.04. The molecule has 1 aromatic rings. The SMILES string of the molecule is CN(C)CCN(CC(=O)O)Cc1cc(Cl)ccc1[N+](=O)[O-]. The van der Waals surface area contributed by atoms with Crippen LogP contribution in [-0.2, 0) is 11.3 Å². The van der Waals surface area contributed by atoms with Crippen LogP contribution >= 0.6 is 11.6 Å². The van der Waals surface area contributed by atoms with Gasteiger partial charge in [0, 0.05) is 36.3 Å². The molecule has 116 valence electrons. The molecule has 0 spiro atoms. The Morgan fingerprint density at radius 3 is 2.57 bits per heavy atom.